The Morgan fingerprint density at radius 3 is 2.27 bits per heavy atom. The number of sulfonamides is 1. The molecule has 0 aromatic heterocycles. The lowest BCUT2D eigenvalue weighted by Crippen LogP contribution is -2.48. The van der Waals surface area contributed by atoms with Crippen molar-refractivity contribution in [3.05, 3.63) is 65.7 Å². The number of nitrogens with zero attached hydrogens (tertiary/aromatic N) is 1. The highest BCUT2D eigenvalue weighted by molar-refractivity contribution is 7.92. The number of aryl methyl sites for hydroxylation is 2. The average molecular weight is 375 g/mol. The fraction of sp³-hybridized carbons (Fsp3) is 0.350. The Morgan fingerprint density at radius 2 is 1.69 bits per heavy atom. The standard InChI is InChI=1S/C20H26N2O3S/c1-16-11-13-18(14-12-16)8-7-15-21-20(23)17(2)22(26(3,24)25)19-9-5-4-6-10-19/h4-6,9-14,17H,7-8,15H2,1-3H3,(H,21,23)/t17-/m1/s1. The first kappa shape index (κ1) is 20.0. The van der Waals surface area contributed by atoms with Gasteiger partial charge in [0.1, 0.15) is 6.04 Å². The van der Waals surface area contributed by atoms with E-state index in [0.717, 1.165) is 23.4 Å². The highest BCUT2D eigenvalue weighted by Crippen LogP contribution is 2.20. The number of nitrogens with one attached hydrogen (secondary N) is 1. The van der Waals surface area contributed by atoms with Crippen LogP contribution in [0.25, 0.3) is 0 Å². The van der Waals surface area contributed by atoms with Crippen molar-refractivity contribution < 1.29 is 13.2 Å². The molecule has 1 atom stereocenters. The van der Waals surface area contributed by atoms with E-state index in [4.69, 9.17) is 0 Å². The first-order valence-corrected chi connectivity index (χ1v) is 10.5. The number of carbonyl (C=O) groups is 1. The van der Waals surface area contributed by atoms with Gasteiger partial charge in [-0.15, -0.1) is 0 Å². The summed E-state index contributed by atoms with van der Waals surface area (Å²) in [7, 11) is -3.57. The minimum Gasteiger partial charge on any atom is -0.354 e. The number of carbonyl (C=O) groups excluding carboxylic acids is 1. The summed E-state index contributed by atoms with van der Waals surface area (Å²) in [6.07, 6.45) is 2.77. The predicted molar refractivity (Wildman–Crippen MR) is 106 cm³/mol. The Balaban J connectivity index is 1.93. The molecular weight excluding hydrogens is 348 g/mol. The molecule has 0 saturated heterocycles. The Bertz CT molecular complexity index is 818. The van der Waals surface area contributed by atoms with E-state index in [1.807, 2.05) is 6.92 Å². The third-order valence-electron chi connectivity index (χ3n) is 4.16. The zero-order valence-electron chi connectivity index (χ0n) is 15.5. The van der Waals surface area contributed by atoms with Crippen molar-refractivity contribution in [2.24, 2.45) is 0 Å². The summed E-state index contributed by atoms with van der Waals surface area (Å²) in [6, 6.07) is 16.2. The molecule has 0 radical (unpaired) electrons. The van der Waals surface area contributed by atoms with Crippen LogP contribution in [0, 0.1) is 6.92 Å². The fourth-order valence-corrected chi connectivity index (χ4v) is 3.97. The van der Waals surface area contributed by atoms with Crippen LogP contribution in [0.15, 0.2) is 54.6 Å². The van der Waals surface area contributed by atoms with Crippen molar-refractivity contribution in [2.75, 3.05) is 17.1 Å². The van der Waals surface area contributed by atoms with Gasteiger partial charge in [0.2, 0.25) is 15.9 Å². The molecule has 140 valence electrons. The van der Waals surface area contributed by atoms with Gasteiger partial charge in [0.15, 0.2) is 0 Å². The van der Waals surface area contributed by atoms with E-state index >= 15 is 0 Å². The Hall–Kier alpha value is -2.34. The van der Waals surface area contributed by atoms with Gasteiger partial charge in [0.25, 0.3) is 0 Å². The van der Waals surface area contributed by atoms with Gasteiger partial charge < -0.3 is 5.32 Å². The summed E-state index contributed by atoms with van der Waals surface area (Å²) in [4.78, 5) is 12.4. The molecule has 0 fully saturated rings. The maximum atomic E-state index is 12.4. The third kappa shape index (κ3) is 5.59. The van der Waals surface area contributed by atoms with Gasteiger partial charge in [-0.05, 0) is 44.4 Å². The number of rotatable bonds is 8. The largest absolute Gasteiger partial charge is 0.354 e. The zero-order chi connectivity index (χ0) is 19.2. The molecule has 0 heterocycles. The Kier molecular flexibility index (Phi) is 6.80. The SMILES string of the molecule is Cc1ccc(CCCNC(=O)[C@@H](C)N(c2ccccc2)S(C)(=O)=O)cc1. The van der Waals surface area contributed by atoms with Crippen LogP contribution >= 0.6 is 0 Å². The maximum absolute atomic E-state index is 12.4. The van der Waals surface area contributed by atoms with Crippen LogP contribution in [0.5, 0.6) is 0 Å². The smallest absolute Gasteiger partial charge is 0.243 e. The lowest BCUT2D eigenvalue weighted by Gasteiger charge is -2.28. The quantitative estimate of drug-likeness (QED) is 0.723. The van der Waals surface area contributed by atoms with Crippen molar-refractivity contribution in [1.29, 1.82) is 0 Å². The first-order valence-electron chi connectivity index (χ1n) is 8.67. The van der Waals surface area contributed by atoms with E-state index in [2.05, 4.69) is 29.6 Å². The number of amides is 1. The van der Waals surface area contributed by atoms with Gasteiger partial charge in [-0.3, -0.25) is 9.10 Å². The first-order chi connectivity index (χ1) is 12.3. The molecular formula is C20H26N2O3S. The third-order valence-corrected chi connectivity index (χ3v) is 5.40. The molecule has 0 saturated carbocycles. The van der Waals surface area contributed by atoms with Crippen molar-refractivity contribution in [3.63, 3.8) is 0 Å². The molecule has 1 N–H and O–H groups in total. The minimum absolute atomic E-state index is 0.303. The molecule has 6 heteroatoms. The lowest BCUT2D eigenvalue weighted by molar-refractivity contribution is -0.121. The van der Waals surface area contributed by atoms with Gasteiger partial charge in [-0.25, -0.2) is 8.42 Å². The van der Waals surface area contributed by atoms with Crippen molar-refractivity contribution in [1.82, 2.24) is 5.32 Å². The van der Waals surface area contributed by atoms with E-state index < -0.39 is 16.1 Å². The van der Waals surface area contributed by atoms with Crippen molar-refractivity contribution in [3.8, 4) is 0 Å². The van der Waals surface area contributed by atoms with Crippen LogP contribution in [-0.2, 0) is 21.2 Å². The second kappa shape index (κ2) is 8.85. The van der Waals surface area contributed by atoms with Crippen molar-refractivity contribution >= 4 is 21.6 Å². The number of hydrogen-bond acceptors (Lipinski definition) is 3. The summed E-state index contributed by atoms with van der Waals surface area (Å²) in [6.45, 7) is 4.15. The normalized spacial score (nSPS) is 12.4. The summed E-state index contributed by atoms with van der Waals surface area (Å²) >= 11 is 0. The summed E-state index contributed by atoms with van der Waals surface area (Å²) in [5.74, 6) is -0.303. The highest BCUT2D eigenvalue weighted by atomic mass is 32.2. The number of para-hydroxylation sites is 1. The topological polar surface area (TPSA) is 66.5 Å². The molecule has 0 bridgehead atoms. The van der Waals surface area contributed by atoms with Gasteiger partial charge in [-0.1, -0.05) is 48.0 Å². The van der Waals surface area contributed by atoms with Crippen molar-refractivity contribution in [2.45, 2.75) is 32.7 Å². The average Bonchev–Trinajstić information content (AvgIpc) is 2.60. The molecule has 0 aliphatic heterocycles. The molecule has 2 aromatic carbocycles. The Labute approximate surface area is 156 Å². The summed E-state index contributed by atoms with van der Waals surface area (Å²) in [5, 5.41) is 2.84. The summed E-state index contributed by atoms with van der Waals surface area (Å²) in [5.41, 5.74) is 2.93. The monoisotopic (exact) mass is 374 g/mol. The molecule has 2 rings (SSSR count). The van der Waals surface area contributed by atoms with E-state index in [0.29, 0.717) is 12.2 Å². The van der Waals surface area contributed by atoms with Gasteiger partial charge >= 0.3 is 0 Å². The van der Waals surface area contributed by atoms with Crippen LogP contribution < -0.4 is 9.62 Å². The van der Waals surface area contributed by atoms with Gasteiger partial charge in [0.05, 0.1) is 11.9 Å². The van der Waals surface area contributed by atoms with Gasteiger partial charge in [-0.2, -0.15) is 0 Å². The minimum atomic E-state index is -3.57. The number of benzene rings is 2. The second-order valence-electron chi connectivity index (χ2n) is 6.45. The van der Waals surface area contributed by atoms with E-state index in [1.54, 1.807) is 37.3 Å². The van der Waals surface area contributed by atoms with Crippen LogP contribution in [0.4, 0.5) is 5.69 Å². The molecule has 5 nitrogen and oxygen atoms in total. The number of hydrogen-bond donors (Lipinski definition) is 1. The molecule has 0 unspecified atom stereocenters. The molecule has 0 aliphatic carbocycles. The van der Waals surface area contributed by atoms with Crippen LogP contribution in [-0.4, -0.2) is 33.2 Å². The van der Waals surface area contributed by atoms with E-state index in [1.165, 1.54) is 11.1 Å². The molecule has 0 spiro atoms. The molecule has 1 amide bonds. The molecule has 2 aromatic rings. The molecule has 0 aliphatic rings. The Morgan fingerprint density at radius 1 is 1.08 bits per heavy atom. The van der Waals surface area contributed by atoms with Crippen LogP contribution in [0.3, 0.4) is 0 Å². The zero-order valence-corrected chi connectivity index (χ0v) is 16.3. The van der Waals surface area contributed by atoms with Gasteiger partial charge in [0, 0.05) is 6.54 Å². The lowest BCUT2D eigenvalue weighted by atomic mass is 10.1. The predicted octanol–water partition coefficient (Wildman–Crippen LogP) is 2.90. The van der Waals surface area contributed by atoms with Crippen LogP contribution in [0.2, 0.25) is 0 Å². The maximum Gasteiger partial charge on any atom is 0.243 e. The highest BCUT2D eigenvalue weighted by Gasteiger charge is 2.28. The van der Waals surface area contributed by atoms with Crippen LogP contribution in [0.1, 0.15) is 24.5 Å². The second-order valence-corrected chi connectivity index (χ2v) is 8.31. The van der Waals surface area contributed by atoms with E-state index in [-0.39, 0.29) is 5.91 Å². The molecule has 26 heavy (non-hydrogen) atoms. The summed E-state index contributed by atoms with van der Waals surface area (Å²) < 4.78 is 25.5. The fourth-order valence-electron chi connectivity index (χ4n) is 2.79. The van der Waals surface area contributed by atoms with E-state index in [9.17, 15) is 13.2 Å². The number of anilines is 1.